The average Bonchev–Trinajstić information content (AvgIpc) is 3.08. The highest BCUT2D eigenvalue weighted by Gasteiger charge is 2.21. The number of hydrogen-bond donors (Lipinski definition) is 2. The summed E-state index contributed by atoms with van der Waals surface area (Å²) in [7, 11) is 3.04. The second-order valence-electron chi connectivity index (χ2n) is 6.63. The van der Waals surface area contributed by atoms with Gasteiger partial charge in [0.15, 0.2) is 17.2 Å². The standard InChI is InChI=1S/C21H19N5O4/c1-11-4-6-12(7-5-11)26-20-17(24-21(26)28)16(18(22)27)23-19(25-20)14-10-13(29-2)8-9-15(14)30-3/h4-10H,1-3H3,(H2,22,27)(H,24,28). The Morgan fingerprint density at radius 2 is 1.80 bits per heavy atom. The van der Waals surface area contributed by atoms with Crippen molar-refractivity contribution in [3.8, 4) is 28.6 Å². The number of hydrogen-bond acceptors (Lipinski definition) is 6. The maximum absolute atomic E-state index is 12.7. The minimum absolute atomic E-state index is 0.0946. The molecule has 2 aromatic carbocycles. The number of benzene rings is 2. The monoisotopic (exact) mass is 405 g/mol. The van der Waals surface area contributed by atoms with E-state index in [1.165, 1.54) is 18.8 Å². The summed E-state index contributed by atoms with van der Waals surface area (Å²) in [5.41, 5.74) is 7.52. The normalized spacial score (nSPS) is 10.9. The summed E-state index contributed by atoms with van der Waals surface area (Å²) in [4.78, 5) is 36.4. The number of methoxy groups -OCH3 is 2. The lowest BCUT2D eigenvalue weighted by Crippen LogP contribution is -2.15. The van der Waals surface area contributed by atoms with Crippen LogP contribution in [0.1, 0.15) is 16.1 Å². The van der Waals surface area contributed by atoms with E-state index >= 15 is 0 Å². The number of carbonyl (C=O) groups is 1. The summed E-state index contributed by atoms with van der Waals surface area (Å²) < 4.78 is 12.1. The van der Waals surface area contributed by atoms with Gasteiger partial charge < -0.3 is 20.2 Å². The molecule has 2 aromatic heterocycles. The first-order valence-electron chi connectivity index (χ1n) is 9.05. The van der Waals surface area contributed by atoms with Crippen LogP contribution in [-0.4, -0.2) is 39.6 Å². The summed E-state index contributed by atoms with van der Waals surface area (Å²) >= 11 is 0. The third-order valence-electron chi connectivity index (χ3n) is 4.71. The first-order chi connectivity index (χ1) is 14.4. The summed E-state index contributed by atoms with van der Waals surface area (Å²) in [6, 6.07) is 12.5. The molecule has 30 heavy (non-hydrogen) atoms. The minimum atomic E-state index is -0.789. The van der Waals surface area contributed by atoms with Crippen LogP contribution in [0.4, 0.5) is 0 Å². The Labute approximate surface area is 171 Å². The number of aromatic amines is 1. The van der Waals surface area contributed by atoms with E-state index in [-0.39, 0.29) is 22.7 Å². The van der Waals surface area contributed by atoms with Crippen LogP contribution in [0, 0.1) is 6.92 Å². The summed E-state index contributed by atoms with van der Waals surface area (Å²) in [6.45, 7) is 1.95. The molecule has 0 fully saturated rings. The molecule has 9 heteroatoms. The van der Waals surface area contributed by atoms with Gasteiger partial charge in [0, 0.05) is 0 Å². The molecular weight excluding hydrogens is 386 g/mol. The molecule has 4 aromatic rings. The Morgan fingerprint density at radius 3 is 2.43 bits per heavy atom. The zero-order valence-electron chi connectivity index (χ0n) is 16.6. The number of amides is 1. The zero-order chi connectivity index (χ0) is 21.4. The van der Waals surface area contributed by atoms with Gasteiger partial charge in [-0.2, -0.15) is 0 Å². The molecular formula is C21H19N5O4. The van der Waals surface area contributed by atoms with Crippen molar-refractivity contribution in [3.05, 3.63) is 64.2 Å². The van der Waals surface area contributed by atoms with E-state index < -0.39 is 11.6 Å². The molecule has 0 aliphatic rings. The first kappa shape index (κ1) is 19.2. The van der Waals surface area contributed by atoms with Gasteiger partial charge in [0.2, 0.25) is 0 Å². The number of nitrogens with zero attached hydrogens (tertiary/aromatic N) is 3. The van der Waals surface area contributed by atoms with E-state index in [0.717, 1.165) is 5.56 Å². The third-order valence-corrected chi connectivity index (χ3v) is 4.71. The van der Waals surface area contributed by atoms with Crippen LogP contribution in [0.5, 0.6) is 11.5 Å². The third kappa shape index (κ3) is 3.16. The van der Waals surface area contributed by atoms with Gasteiger partial charge in [0.05, 0.1) is 25.5 Å². The predicted molar refractivity (Wildman–Crippen MR) is 111 cm³/mol. The van der Waals surface area contributed by atoms with Crippen molar-refractivity contribution in [2.75, 3.05) is 14.2 Å². The van der Waals surface area contributed by atoms with Crippen LogP contribution in [0.2, 0.25) is 0 Å². The number of aryl methyl sites for hydroxylation is 1. The predicted octanol–water partition coefficient (Wildman–Crippen LogP) is 2.20. The molecule has 0 radical (unpaired) electrons. The second-order valence-corrected chi connectivity index (χ2v) is 6.63. The zero-order valence-corrected chi connectivity index (χ0v) is 16.6. The molecule has 9 nitrogen and oxygen atoms in total. The van der Waals surface area contributed by atoms with Crippen molar-refractivity contribution < 1.29 is 14.3 Å². The number of nitrogens with two attached hydrogens (primary N) is 1. The van der Waals surface area contributed by atoms with Crippen molar-refractivity contribution in [3.63, 3.8) is 0 Å². The fourth-order valence-electron chi connectivity index (χ4n) is 3.21. The first-order valence-corrected chi connectivity index (χ1v) is 9.05. The highest BCUT2D eigenvalue weighted by molar-refractivity contribution is 6.02. The Balaban J connectivity index is 2.06. The molecule has 0 aliphatic heterocycles. The molecule has 0 bridgehead atoms. The Hall–Kier alpha value is -4.14. The van der Waals surface area contributed by atoms with Crippen LogP contribution >= 0.6 is 0 Å². The molecule has 0 saturated carbocycles. The molecule has 0 aliphatic carbocycles. The van der Waals surface area contributed by atoms with Crippen molar-refractivity contribution in [1.82, 2.24) is 19.5 Å². The number of carbonyl (C=O) groups excluding carboxylic acids is 1. The number of rotatable bonds is 5. The number of H-pyrrole nitrogens is 1. The molecule has 0 unspecified atom stereocenters. The number of imidazole rings is 1. The number of fused-ring (bicyclic) bond motifs is 1. The van der Waals surface area contributed by atoms with Crippen LogP contribution in [0.3, 0.4) is 0 Å². The van der Waals surface area contributed by atoms with E-state index in [4.69, 9.17) is 15.2 Å². The SMILES string of the molecule is COc1ccc(OC)c(-c2nc(C(N)=O)c3[nH]c(=O)n(-c4ccc(C)cc4)c3n2)c1. The Bertz CT molecular complexity index is 1320. The Kier molecular flexibility index (Phi) is 4.71. The average molecular weight is 405 g/mol. The molecule has 0 spiro atoms. The highest BCUT2D eigenvalue weighted by Crippen LogP contribution is 2.32. The van der Waals surface area contributed by atoms with Gasteiger partial charge in [-0.1, -0.05) is 17.7 Å². The number of ether oxygens (including phenoxy) is 2. The number of nitrogens with one attached hydrogen (secondary N) is 1. The highest BCUT2D eigenvalue weighted by atomic mass is 16.5. The summed E-state index contributed by atoms with van der Waals surface area (Å²) in [5, 5.41) is 0. The number of primary amides is 1. The maximum Gasteiger partial charge on any atom is 0.332 e. The molecule has 152 valence electrons. The molecule has 1 amide bonds. The molecule has 0 saturated heterocycles. The van der Waals surface area contributed by atoms with Crippen molar-refractivity contribution in [2.45, 2.75) is 6.92 Å². The fraction of sp³-hybridized carbons (Fsp3) is 0.143. The molecule has 3 N–H and O–H groups in total. The summed E-state index contributed by atoms with van der Waals surface area (Å²) in [6.07, 6.45) is 0. The van der Waals surface area contributed by atoms with E-state index in [0.29, 0.717) is 22.7 Å². The fourth-order valence-corrected chi connectivity index (χ4v) is 3.21. The second kappa shape index (κ2) is 7.36. The van der Waals surface area contributed by atoms with Crippen LogP contribution < -0.4 is 20.9 Å². The quantitative estimate of drug-likeness (QED) is 0.524. The maximum atomic E-state index is 12.7. The van der Waals surface area contributed by atoms with E-state index in [1.807, 2.05) is 19.1 Å². The summed E-state index contributed by atoms with van der Waals surface area (Å²) in [5.74, 6) is 0.417. The van der Waals surface area contributed by atoms with Gasteiger partial charge in [0.25, 0.3) is 5.91 Å². The van der Waals surface area contributed by atoms with Gasteiger partial charge in [-0.15, -0.1) is 0 Å². The van der Waals surface area contributed by atoms with E-state index in [2.05, 4.69) is 15.0 Å². The van der Waals surface area contributed by atoms with E-state index in [1.54, 1.807) is 30.3 Å². The number of aromatic nitrogens is 4. The van der Waals surface area contributed by atoms with Crippen molar-refractivity contribution in [1.29, 1.82) is 0 Å². The Morgan fingerprint density at radius 1 is 1.07 bits per heavy atom. The van der Waals surface area contributed by atoms with Gasteiger partial charge in [-0.25, -0.2) is 19.3 Å². The largest absolute Gasteiger partial charge is 0.497 e. The smallest absolute Gasteiger partial charge is 0.332 e. The van der Waals surface area contributed by atoms with Crippen molar-refractivity contribution >= 4 is 17.1 Å². The molecule has 4 rings (SSSR count). The van der Waals surface area contributed by atoms with Crippen molar-refractivity contribution in [2.24, 2.45) is 5.73 Å². The minimum Gasteiger partial charge on any atom is -0.497 e. The van der Waals surface area contributed by atoms with Crippen LogP contribution in [-0.2, 0) is 0 Å². The lowest BCUT2D eigenvalue weighted by atomic mass is 10.1. The van der Waals surface area contributed by atoms with Gasteiger partial charge in [-0.05, 0) is 37.3 Å². The van der Waals surface area contributed by atoms with Crippen LogP contribution in [0.25, 0.3) is 28.2 Å². The molecule has 0 atom stereocenters. The van der Waals surface area contributed by atoms with Gasteiger partial charge in [-0.3, -0.25) is 4.79 Å². The van der Waals surface area contributed by atoms with Gasteiger partial charge >= 0.3 is 5.69 Å². The van der Waals surface area contributed by atoms with Gasteiger partial charge in [0.1, 0.15) is 17.0 Å². The lowest BCUT2D eigenvalue weighted by Gasteiger charge is -2.11. The lowest BCUT2D eigenvalue weighted by molar-refractivity contribution is 0.0997. The molecule has 2 heterocycles. The topological polar surface area (TPSA) is 125 Å². The van der Waals surface area contributed by atoms with E-state index in [9.17, 15) is 9.59 Å². The van der Waals surface area contributed by atoms with Crippen LogP contribution in [0.15, 0.2) is 47.3 Å².